The monoisotopic (exact) mass is 264 g/mol. The van der Waals surface area contributed by atoms with Gasteiger partial charge in [0.2, 0.25) is 0 Å². The van der Waals surface area contributed by atoms with Crippen LogP contribution >= 0.6 is 0 Å². The molecule has 1 aromatic rings. The van der Waals surface area contributed by atoms with Gasteiger partial charge in [0.15, 0.2) is 0 Å². The van der Waals surface area contributed by atoms with Crippen LogP contribution in [-0.2, 0) is 0 Å². The molecule has 0 saturated carbocycles. The van der Waals surface area contributed by atoms with Crippen LogP contribution in [0.2, 0.25) is 0 Å². The van der Waals surface area contributed by atoms with Crippen LogP contribution in [-0.4, -0.2) is 12.6 Å². The van der Waals surface area contributed by atoms with E-state index < -0.39 is 0 Å². The summed E-state index contributed by atoms with van der Waals surface area (Å²) in [5.41, 5.74) is 7.42. The lowest BCUT2D eigenvalue weighted by atomic mass is 9.97. The fourth-order valence-electron chi connectivity index (χ4n) is 2.99. The Labute approximate surface area is 115 Å². The number of anilines is 1. The summed E-state index contributed by atoms with van der Waals surface area (Å²) in [4.78, 5) is 2.26. The zero-order valence-corrected chi connectivity index (χ0v) is 12.0. The largest absolute Gasteiger partial charge is 0.366 e. The number of halogens is 1. The van der Waals surface area contributed by atoms with Crippen LogP contribution in [0.4, 0.5) is 10.1 Å². The molecule has 0 aliphatic carbocycles. The third-order valence-electron chi connectivity index (χ3n) is 4.06. The average Bonchev–Trinajstić information content (AvgIpc) is 2.40. The summed E-state index contributed by atoms with van der Waals surface area (Å²) in [5, 5.41) is 0. The Kier molecular flexibility index (Phi) is 4.81. The van der Waals surface area contributed by atoms with Crippen molar-refractivity contribution in [1.82, 2.24) is 0 Å². The van der Waals surface area contributed by atoms with E-state index in [2.05, 4.69) is 11.8 Å². The predicted octanol–water partition coefficient (Wildman–Crippen LogP) is 4.00. The van der Waals surface area contributed by atoms with Crippen molar-refractivity contribution >= 4 is 5.69 Å². The minimum atomic E-state index is -0.127. The molecule has 1 saturated heterocycles. The molecule has 1 aliphatic rings. The second kappa shape index (κ2) is 6.38. The van der Waals surface area contributed by atoms with E-state index in [-0.39, 0.29) is 11.9 Å². The molecule has 1 unspecified atom stereocenters. The van der Waals surface area contributed by atoms with Crippen molar-refractivity contribution < 1.29 is 4.39 Å². The van der Waals surface area contributed by atoms with Gasteiger partial charge in [0.05, 0.1) is 5.69 Å². The lowest BCUT2D eigenvalue weighted by Crippen LogP contribution is -2.40. The summed E-state index contributed by atoms with van der Waals surface area (Å²) in [7, 11) is 0. The molecule has 106 valence electrons. The summed E-state index contributed by atoms with van der Waals surface area (Å²) in [6.07, 6.45) is 5.91. The molecule has 2 atom stereocenters. The summed E-state index contributed by atoms with van der Waals surface area (Å²) in [5.74, 6) is -0.127. The zero-order valence-electron chi connectivity index (χ0n) is 12.0. The maximum absolute atomic E-state index is 14.3. The van der Waals surface area contributed by atoms with Crippen molar-refractivity contribution in [2.45, 2.75) is 58.0 Å². The molecule has 1 heterocycles. The van der Waals surface area contributed by atoms with Gasteiger partial charge in [-0.05, 0) is 50.3 Å². The van der Waals surface area contributed by atoms with E-state index in [4.69, 9.17) is 5.73 Å². The molecule has 1 aliphatic heterocycles. The lowest BCUT2D eigenvalue weighted by Gasteiger charge is -2.38. The first-order chi connectivity index (χ1) is 9.13. The smallest absolute Gasteiger partial charge is 0.146 e. The zero-order chi connectivity index (χ0) is 13.8. The van der Waals surface area contributed by atoms with E-state index >= 15 is 0 Å². The molecule has 0 aromatic heterocycles. The van der Waals surface area contributed by atoms with Gasteiger partial charge in [-0.3, -0.25) is 0 Å². The highest BCUT2D eigenvalue weighted by molar-refractivity contribution is 5.50. The minimum absolute atomic E-state index is 0.114. The van der Waals surface area contributed by atoms with E-state index in [9.17, 15) is 4.39 Å². The molecule has 0 bridgehead atoms. The van der Waals surface area contributed by atoms with E-state index in [1.165, 1.54) is 12.8 Å². The molecule has 2 nitrogen and oxygen atoms in total. The van der Waals surface area contributed by atoms with Gasteiger partial charge in [0.1, 0.15) is 5.82 Å². The molecule has 0 spiro atoms. The number of nitrogens with zero attached hydrogens (tertiary/aromatic N) is 1. The van der Waals surface area contributed by atoms with Gasteiger partial charge in [-0.2, -0.15) is 0 Å². The van der Waals surface area contributed by atoms with Crippen molar-refractivity contribution in [3.8, 4) is 0 Å². The SMILES string of the molecule is CCCC1CCCCN1c1ccc([C@@H](C)N)cc1F. The Morgan fingerprint density at radius 1 is 1.42 bits per heavy atom. The molecule has 2 N–H and O–H groups in total. The number of piperidine rings is 1. The first kappa shape index (κ1) is 14.3. The van der Waals surface area contributed by atoms with Gasteiger partial charge in [-0.25, -0.2) is 4.39 Å². The normalized spacial score (nSPS) is 21.5. The molecule has 3 heteroatoms. The van der Waals surface area contributed by atoms with Crippen LogP contribution in [0.15, 0.2) is 18.2 Å². The topological polar surface area (TPSA) is 29.3 Å². The summed E-state index contributed by atoms with van der Waals surface area (Å²) in [6, 6.07) is 5.84. The summed E-state index contributed by atoms with van der Waals surface area (Å²) >= 11 is 0. The van der Waals surface area contributed by atoms with Gasteiger partial charge in [-0.15, -0.1) is 0 Å². The van der Waals surface area contributed by atoms with Crippen LogP contribution in [0, 0.1) is 5.82 Å². The molecule has 2 rings (SSSR count). The maximum atomic E-state index is 14.3. The highest BCUT2D eigenvalue weighted by Gasteiger charge is 2.24. The van der Waals surface area contributed by atoms with Crippen molar-refractivity contribution in [2.75, 3.05) is 11.4 Å². The van der Waals surface area contributed by atoms with Gasteiger partial charge < -0.3 is 10.6 Å². The van der Waals surface area contributed by atoms with Crippen molar-refractivity contribution in [3.05, 3.63) is 29.6 Å². The van der Waals surface area contributed by atoms with Crippen LogP contribution in [0.5, 0.6) is 0 Å². The van der Waals surface area contributed by atoms with Gasteiger partial charge in [0, 0.05) is 18.6 Å². The van der Waals surface area contributed by atoms with Crippen LogP contribution in [0.1, 0.15) is 57.6 Å². The Morgan fingerprint density at radius 2 is 2.21 bits per heavy atom. The third-order valence-corrected chi connectivity index (χ3v) is 4.06. The third kappa shape index (κ3) is 3.27. The highest BCUT2D eigenvalue weighted by atomic mass is 19.1. The van der Waals surface area contributed by atoms with Crippen LogP contribution < -0.4 is 10.6 Å². The molecule has 1 aromatic carbocycles. The first-order valence-corrected chi connectivity index (χ1v) is 7.45. The van der Waals surface area contributed by atoms with Crippen molar-refractivity contribution in [2.24, 2.45) is 5.73 Å². The Hall–Kier alpha value is -1.09. The molecule has 1 fully saturated rings. The van der Waals surface area contributed by atoms with E-state index in [0.29, 0.717) is 6.04 Å². The molecular formula is C16H25FN2. The molecule has 0 radical (unpaired) electrons. The number of rotatable bonds is 4. The average molecular weight is 264 g/mol. The number of nitrogens with two attached hydrogens (primary N) is 1. The Bertz CT molecular complexity index is 415. The summed E-state index contributed by atoms with van der Waals surface area (Å²) < 4.78 is 14.3. The van der Waals surface area contributed by atoms with Gasteiger partial charge in [0.25, 0.3) is 0 Å². The minimum Gasteiger partial charge on any atom is -0.366 e. The van der Waals surface area contributed by atoms with Crippen LogP contribution in [0.3, 0.4) is 0 Å². The first-order valence-electron chi connectivity index (χ1n) is 7.45. The second-order valence-corrected chi connectivity index (χ2v) is 5.63. The van der Waals surface area contributed by atoms with Gasteiger partial charge >= 0.3 is 0 Å². The second-order valence-electron chi connectivity index (χ2n) is 5.63. The van der Waals surface area contributed by atoms with E-state index in [0.717, 1.165) is 37.1 Å². The van der Waals surface area contributed by atoms with Crippen LogP contribution in [0.25, 0.3) is 0 Å². The number of benzene rings is 1. The quantitative estimate of drug-likeness (QED) is 0.890. The molecular weight excluding hydrogens is 239 g/mol. The number of hydrogen-bond acceptors (Lipinski definition) is 2. The van der Waals surface area contributed by atoms with E-state index in [1.807, 2.05) is 19.1 Å². The Balaban J connectivity index is 2.23. The molecule has 0 amide bonds. The fraction of sp³-hybridized carbons (Fsp3) is 0.625. The summed E-state index contributed by atoms with van der Waals surface area (Å²) in [6.45, 7) is 5.05. The van der Waals surface area contributed by atoms with Crippen molar-refractivity contribution in [3.63, 3.8) is 0 Å². The fourth-order valence-corrected chi connectivity index (χ4v) is 2.99. The van der Waals surface area contributed by atoms with Crippen molar-refractivity contribution in [1.29, 1.82) is 0 Å². The maximum Gasteiger partial charge on any atom is 0.146 e. The standard InChI is InChI=1S/C16H25FN2/c1-3-6-14-7-4-5-10-19(14)16-9-8-13(12(2)18)11-15(16)17/h8-9,11-12,14H,3-7,10,18H2,1-2H3/t12-,14?/m1/s1. The Morgan fingerprint density at radius 3 is 2.84 bits per heavy atom. The lowest BCUT2D eigenvalue weighted by molar-refractivity contribution is 0.429. The number of hydrogen-bond donors (Lipinski definition) is 1. The van der Waals surface area contributed by atoms with E-state index in [1.54, 1.807) is 6.07 Å². The highest BCUT2D eigenvalue weighted by Crippen LogP contribution is 2.30. The predicted molar refractivity (Wildman–Crippen MR) is 78.9 cm³/mol. The molecule has 19 heavy (non-hydrogen) atoms. The van der Waals surface area contributed by atoms with Gasteiger partial charge in [-0.1, -0.05) is 19.4 Å².